The van der Waals surface area contributed by atoms with Crippen LogP contribution in [0.5, 0.6) is 0 Å². The van der Waals surface area contributed by atoms with Crippen LogP contribution in [0.2, 0.25) is 0 Å². The molecule has 73 heavy (non-hydrogen) atoms. The Balaban J connectivity index is 3.42. The first kappa shape index (κ1) is 71.6. The zero-order valence-corrected chi connectivity index (χ0v) is 49.6. The predicted molar refractivity (Wildman–Crippen MR) is 320 cm³/mol. The van der Waals surface area contributed by atoms with Gasteiger partial charge in [0.25, 0.3) is 0 Å². The van der Waals surface area contributed by atoms with Crippen molar-refractivity contribution in [1.82, 2.24) is 5.32 Å². The van der Waals surface area contributed by atoms with Crippen molar-refractivity contribution in [3.05, 3.63) is 12.2 Å². The molecule has 0 aliphatic carbocycles. The fourth-order valence-corrected chi connectivity index (χ4v) is 10.7. The average Bonchev–Trinajstić information content (AvgIpc) is 3.39. The molecule has 1 amide bonds. The Bertz CT molecular complexity index is 1100. The summed E-state index contributed by atoms with van der Waals surface area (Å²) in [6.07, 6.45) is 77.0. The Hall–Kier alpha value is -1.40. The number of allylic oxidation sites excluding steroid dienone is 1. The first-order valence-electron chi connectivity index (χ1n) is 33.5. The number of rotatable bonds is 63. The lowest BCUT2D eigenvalue weighted by Gasteiger charge is -2.20. The molecule has 0 saturated carbocycles. The number of ether oxygens (including phenoxy) is 1. The van der Waals surface area contributed by atoms with Gasteiger partial charge in [-0.2, -0.15) is 0 Å². The highest BCUT2D eigenvalue weighted by Crippen LogP contribution is 2.19. The van der Waals surface area contributed by atoms with Crippen molar-refractivity contribution in [3.8, 4) is 0 Å². The monoisotopic (exact) mass is 1030 g/mol. The molecule has 0 aromatic carbocycles. The Labute approximate surface area is 457 Å². The highest BCUT2D eigenvalue weighted by molar-refractivity contribution is 5.76. The van der Waals surface area contributed by atoms with Gasteiger partial charge in [-0.05, 0) is 32.1 Å². The highest BCUT2D eigenvalue weighted by Gasteiger charge is 2.18. The third kappa shape index (κ3) is 59.7. The molecule has 0 aliphatic rings. The zero-order chi connectivity index (χ0) is 52.9. The summed E-state index contributed by atoms with van der Waals surface area (Å²) in [5, 5.41) is 23.3. The standard InChI is InChI=1S/C67H131NO5/c1-3-5-7-9-11-13-15-16-17-18-19-20-21-22-23-24-27-30-33-36-40-43-47-51-55-59-65(70)64(63-69)68-66(71)60-56-52-48-44-41-37-34-31-28-25-26-29-32-35-38-42-46-50-54-58-62-73-67(72)61-57-53-49-45-39-14-12-10-8-6-4-2/h55,59,64-65,69-70H,3-54,56-58,60-63H2,1-2H3,(H,68,71)/b59-55+. The fraction of sp³-hybridized carbons (Fsp3) is 0.940. The van der Waals surface area contributed by atoms with E-state index >= 15 is 0 Å². The number of hydrogen-bond donors (Lipinski definition) is 3. The molecule has 3 N–H and O–H groups in total. The second-order valence-electron chi connectivity index (χ2n) is 23.2. The van der Waals surface area contributed by atoms with Crippen molar-refractivity contribution in [3.63, 3.8) is 0 Å². The van der Waals surface area contributed by atoms with Crippen LogP contribution in [0.1, 0.15) is 380 Å². The van der Waals surface area contributed by atoms with Gasteiger partial charge in [0.05, 0.1) is 25.4 Å². The van der Waals surface area contributed by atoms with Crippen molar-refractivity contribution in [2.75, 3.05) is 13.2 Å². The lowest BCUT2D eigenvalue weighted by atomic mass is 10.0. The van der Waals surface area contributed by atoms with Gasteiger partial charge in [-0.25, -0.2) is 0 Å². The molecule has 0 aliphatic heterocycles. The van der Waals surface area contributed by atoms with Crippen LogP contribution in [-0.2, 0) is 14.3 Å². The Kier molecular flexibility index (Phi) is 61.9. The topological polar surface area (TPSA) is 95.9 Å². The van der Waals surface area contributed by atoms with E-state index in [-0.39, 0.29) is 18.5 Å². The van der Waals surface area contributed by atoms with Crippen LogP contribution in [0.25, 0.3) is 0 Å². The first-order valence-corrected chi connectivity index (χ1v) is 33.5. The smallest absolute Gasteiger partial charge is 0.305 e. The van der Waals surface area contributed by atoms with Crippen LogP contribution < -0.4 is 5.32 Å². The lowest BCUT2D eigenvalue weighted by Crippen LogP contribution is -2.45. The molecule has 0 rings (SSSR count). The molecule has 2 atom stereocenters. The summed E-state index contributed by atoms with van der Waals surface area (Å²) in [5.41, 5.74) is 0. The SMILES string of the molecule is CCCCCCCCCCCCCCCCCCCCCCCCC/C=C/C(O)C(CO)NC(=O)CCCCCCCCCCCCCCCCCCCCCCOC(=O)CCCCCCCCCCCCC. The first-order chi connectivity index (χ1) is 36.0. The molecule has 6 heteroatoms. The predicted octanol–water partition coefficient (Wildman–Crippen LogP) is 21.2. The lowest BCUT2D eigenvalue weighted by molar-refractivity contribution is -0.143. The normalized spacial score (nSPS) is 12.5. The van der Waals surface area contributed by atoms with Crippen LogP contribution in [0.15, 0.2) is 12.2 Å². The summed E-state index contributed by atoms with van der Waals surface area (Å²) in [4.78, 5) is 24.5. The van der Waals surface area contributed by atoms with E-state index in [0.29, 0.717) is 19.4 Å². The Morgan fingerprint density at radius 3 is 0.932 bits per heavy atom. The minimum atomic E-state index is -0.846. The molecule has 0 heterocycles. The Morgan fingerprint density at radius 1 is 0.370 bits per heavy atom. The number of hydrogen-bond acceptors (Lipinski definition) is 5. The van der Waals surface area contributed by atoms with Gasteiger partial charge in [-0.1, -0.05) is 347 Å². The highest BCUT2D eigenvalue weighted by atomic mass is 16.5. The third-order valence-corrected chi connectivity index (χ3v) is 15.8. The van der Waals surface area contributed by atoms with Gasteiger partial charge in [0, 0.05) is 12.8 Å². The summed E-state index contributed by atoms with van der Waals surface area (Å²) < 4.78 is 5.47. The molecule has 0 spiro atoms. The number of unbranched alkanes of at least 4 members (excludes halogenated alkanes) is 52. The van der Waals surface area contributed by atoms with Gasteiger partial charge in [-0.15, -0.1) is 0 Å². The number of aliphatic hydroxyl groups is 2. The number of carbonyl (C=O) groups excluding carboxylic acids is 2. The number of nitrogens with one attached hydrogen (secondary N) is 1. The van der Waals surface area contributed by atoms with Crippen molar-refractivity contribution in [2.24, 2.45) is 0 Å². The van der Waals surface area contributed by atoms with E-state index in [1.54, 1.807) is 6.08 Å². The maximum absolute atomic E-state index is 12.5. The van der Waals surface area contributed by atoms with E-state index < -0.39 is 12.1 Å². The second kappa shape index (κ2) is 63.1. The summed E-state index contributed by atoms with van der Waals surface area (Å²) in [6.45, 7) is 4.93. The van der Waals surface area contributed by atoms with Crippen molar-refractivity contribution in [2.45, 2.75) is 392 Å². The Morgan fingerprint density at radius 2 is 0.630 bits per heavy atom. The summed E-state index contributed by atoms with van der Waals surface area (Å²) in [5.74, 6) is -0.0543. The van der Waals surface area contributed by atoms with E-state index in [2.05, 4.69) is 19.2 Å². The minimum Gasteiger partial charge on any atom is -0.466 e. The summed E-state index contributed by atoms with van der Waals surface area (Å²) in [7, 11) is 0. The third-order valence-electron chi connectivity index (χ3n) is 15.8. The molecule has 0 aromatic rings. The maximum atomic E-state index is 12.5. The summed E-state index contributed by atoms with van der Waals surface area (Å²) >= 11 is 0. The van der Waals surface area contributed by atoms with Gasteiger partial charge in [-0.3, -0.25) is 9.59 Å². The number of aliphatic hydroxyl groups excluding tert-OH is 2. The number of carbonyl (C=O) groups is 2. The van der Waals surface area contributed by atoms with Gasteiger partial charge in [0.2, 0.25) is 5.91 Å². The zero-order valence-electron chi connectivity index (χ0n) is 49.6. The van der Waals surface area contributed by atoms with Crippen molar-refractivity contribution >= 4 is 11.9 Å². The number of amides is 1. The molecular weight excluding hydrogens is 899 g/mol. The van der Waals surface area contributed by atoms with Crippen LogP contribution in [0.4, 0.5) is 0 Å². The molecule has 0 saturated heterocycles. The van der Waals surface area contributed by atoms with Crippen LogP contribution in [0.3, 0.4) is 0 Å². The molecule has 2 unspecified atom stereocenters. The number of esters is 1. The molecule has 0 bridgehead atoms. The van der Waals surface area contributed by atoms with Crippen LogP contribution >= 0.6 is 0 Å². The molecule has 0 radical (unpaired) electrons. The van der Waals surface area contributed by atoms with Crippen LogP contribution in [0, 0.1) is 0 Å². The van der Waals surface area contributed by atoms with E-state index in [1.165, 1.54) is 315 Å². The van der Waals surface area contributed by atoms with Gasteiger partial charge >= 0.3 is 5.97 Å². The maximum Gasteiger partial charge on any atom is 0.305 e. The molecule has 0 aromatic heterocycles. The van der Waals surface area contributed by atoms with Gasteiger partial charge < -0.3 is 20.3 Å². The fourth-order valence-electron chi connectivity index (χ4n) is 10.7. The minimum absolute atomic E-state index is 0.0107. The van der Waals surface area contributed by atoms with E-state index in [0.717, 1.165) is 38.5 Å². The van der Waals surface area contributed by atoms with Crippen LogP contribution in [-0.4, -0.2) is 47.4 Å². The molecule has 0 fully saturated rings. The van der Waals surface area contributed by atoms with E-state index in [9.17, 15) is 19.8 Å². The second-order valence-corrected chi connectivity index (χ2v) is 23.2. The summed E-state index contributed by atoms with van der Waals surface area (Å²) in [6, 6.07) is -0.630. The quantitative estimate of drug-likeness (QED) is 0.0320. The van der Waals surface area contributed by atoms with Crippen molar-refractivity contribution in [1.29, 1.82) is 0 Å². The molecule has 6 nitrogen and oxygen atoms in total. The average molecular weight is 1030 g/mol. The van der Waals surface area contributed by atoms with E-state index in [1.807, 2.05) is 6.08 Å². The molecule has 434 valence electrons. The van der Waals surface area contributed by atoms with Crippen molar-refractivity contribution < 1.29 is 24.5 Å². The van der Waals surface area contributed by atoms with E-state index in [4.69, 9.17) is 4.74 Å². The van der Waals surface area contributed by atoms with Gasteiger partial charge in [0.1, 0.15) is 0 Å². The molecular formula is C67H131NO5. The largest absolute Gasteiger partial charge is 0.466 e. The van der Waals surface area contributed by atoms with Gasteiger partial charge in [0.15, 0.2) is 0 Å².